The summed E-state index contributed by atoms with van der Waals surface area (Å²) in [6, 6.07) is 0. The largest absolute Gasteiger partial charge is 0.516 e. The van der Waals surface area contributed by atoms with Crippen molar-refractivity contribution in [1.82, 2.24) is 0 Å². The van der Waals surface area contributed by atoms with Gasteiger partial charge in [0.15, 0.2) is 0 Å². The highest BCUT2D eigenvalue weighted by Gasteiger charge is 1.52. The van der Waals surface area contributed by atoms with Gasteiger partial charge in [-0.15, -0.1) is 0 Å². The minimum absolute atomic E-state index is 0.399. The lowest BCUT2D eigenvalue weighted by Gasteiger charge is -1.67. The molecule has 0 fully saturated rings. The molecule has 5 heavy (non-hydrogen) atoms. The highest BCUT2D eigenvalue weighted by Crippen LogP contribution is 1.52. The van der Waals surface area contributed by atoms with Crippen LogP contribution in [0.3, 0.4) is 0 Å². The number of nitrogens with two attached hydrogens (primary N) is 1. The SMILES string of the molecule is [2H]NCC=CO. The van der Waals surface area contributed by atoms with Crippen molar-refractivity contribution in [1.29, 1.82) is 0 Å². The second-order valence-electron chi connectivity index (χ2n) is 0.589. The van der Waals surface area contributed by atoms with Gasteiger partial charge in [-0.25, -0.2) is 0 Å². The maximum atomic E-state index is 7.89. The Hall–Kier alpha value is -0.500. The van der Waals surface area contributed by atoms with Gasteiger partial charge in [0.1, 0.15) is 1.41 Å². The van der Waals surface area contributed by atoms with Crippen molar-refractivity contribution in [3.63, 3.8) is 0 Å². The van der Waals surface area contributed by atoms with Gasteiger partial charge in [0, 0.05) is 6.54 Å². The summed E-state index contributed by atoms with van der Waals surface area (Å²) >= 11 is 0. The molecule has 0 aromatic rings. The van der Waals surface area contributed by atoms with Crippen molar-refractivity contribution in [3.8, 4) is 0 Å². The van der Waals surface area contributed by atoms with Gasteiger partial charge in [0.05, 0.1) is 6.26 Å². The third kappa shape index (κ3) is 3.50. The summed E-state index contributed by atoms with van der Waals surface area (Å²) in [6.45, 7) is 0.399. The average Bonchev–Trinajstić information content (AvgIpc) is 1.61. The highest BCUT2D eigenvalue weighted by molar-refractivity contribution is 4.70. The van der Waals surface area contributed by atoms with Gasteiger partial charge in [0.2, 0.25) is 0 Å². The Morgan fingerprint density at radius 1 is 2.20 bits per heavy atom. The first-order valence-electron chi connectivity index (χ1n) is 1.85. The van der Waals surface area contributed by atoms with E-state index < -0.39 is 0 Å². The lowest BCUT2D eigenvalue weighted by molar-refractivity contribution is 0.472. The first kappa shape index (κ1) is 2.72. The molecule has 0 aliphatic carbocycles. The number of rotatable bonds is 2. The van der Waals surface area contributed by atoms with Gasteiger partial charge in [0.25, 0.3) is 0 Å². The fourth-order valence-corrected chi connectivity index (χ4v) is 0.0527. The molecule has 2 nitrogen and oxygen atoms in total. The smallest absolute Gasteiger partial charge is 0.119 e. The summed E-state index contributed by atoms with van der Waals surface area (Å²) in [5, 5.41) is 7.89. The van der Waals surface area contributed by atoms with E-state index in [1.165, 1.54) is 6.08 Å². The van der Waals surface area contributed by atoms with Crippen molar-refractivity contribution >= 4 is 0 Å². The molecule has 0 aliphatic heterocycles. The van der Waals surface area contributed by atoms with Crippen molar-refractivity contribution < 1.29 is 6.52 Å². The van der Waals surface area contributed by atoms with Crippen LogP contribution in [0.15, 0.2) is 12.3 Å². The molecule has 0 spiro atoms. The zero-order chi connectivity index (χ0) is 4.83. The first-order chi connectivity index (χ1) is 2.91. The van der Waals surface area contributed by atoms with Crippen LogP contribution in [0.5, 0.6) is 0 Å². The number of aliphatic hydroxyl groups excluding tert-OH is 1. The van der Waals surface area contributed by atoms with Crippen LogP contribution in [0.4, 0.5) is 0 Å². The minimum atomic E-state index is 0.399. The molecule has 2 heteroatoms. The molecule has 0 aromatic carbocycles. The summed E-state index contributed by atoms with van der Waals surface area (Å²) in [7, 11) is 0. The number of aliphatic hydroxyl groups is 1. The summed E-state index contributed by atoms with van der Waals surface area (Å²) in [5.41, 5.74) is 2.07. The molecule has 0 saturated heterocycles. The Labute approximate surface area is 32.4 Å². The Balaban J connectivity index is 2.66. The molecular formula is C3H7NO. The monoisotopic (exact) mass is 74.1 g/mol. The summed E-state index contributed by atoms with van der Waals surface area (Å²) in [5.74, 6) is 0. The van der Waals surface area contributed by atoms with Crippen LogP contribution in [0, 0.1) is 0 Å². The first-order valence-corrected chi connectivity index (χ1v) is 1.35. The predicted molar refractivity (Wildman–Crippen MR) is 20.8 cm³/mol. The molecule has 0 bridgehead atoms. The van der Waals surface area contributed by atoms with Crippen LogP contribution in [0.25, 0.3) is 0 Å². The summed E-state index contributed by atoms with van der Waals surface area (Å²) < 4.78 is 6.29. The Bertz CT molecular complexity index is 46.1. The second-order valence-corrected chi connectivity index (χ2v) is 0.589. The van der Waals surface area contributed by atoms with E-state index in [0.29, 0.717) is 6.54 Å². The average molecular weight is 74.1 g/mol. The molecule has 0 saturated carbocycles. The van der Waals surface area contributed by atoms with Gasteiger partial charge in [-0.05, 0) is 6.08 Å². The maximum absolute atomic E-state index is 7.89. The van der Waals surface area contributed by atoms with Crippen molar-refractivity contribution in [2.75, 3.05) is 6.54 Å². The van der Waals surface area contributed by atoms with E-state index >= 15 is 0 Å². The van der Waals surface area contributed by atoms with Gasteiger partial charge in [-0.2, -0.15) is 0 Å². The normalized spacial score (nSPS) is 12.4. The molecule has 3 N–H and O–H groups in total. The third-order valence-electron chi connectivity index (χ3n) is 0.223. The topological polar surface area (TPSA) is 46.2 Å². The molecule has 0 amide bonds. The van der Waals surface area contributed by atoms with Crippen LogP contribution in [0.2, 0.25) is 1.41 Å². The van der Waals surface area contributed by atoms with Gasteiger partial charge < -0.3 is 10.8 Å². The van der Waals surface area contributed by atoms with Crippen molar-refractivity contribution in [3.05, 3.63) is 12.3 Å². The van der Waals surface area contributed by atoms with E-state index in [0.717, 1.165) is 6.26 Å². The predicted octanol–water partition coefficient (Wildman–Crippen LogP) is 0.0168. The fourth-order valence-electron chi connectivity index (χ4n) is 0.0527. The Morgan fingerprint density at radius 3 is 3.20 bits per heavy atom. The van der Waals surface area contributed by atoms with Crippen LogP contribution in [-0.4, -0.2) is 11.7 Å². The highest BCUT2D eigenvalue weighted by atomic mass is 16.2. The third-order valence-corrected chi connectivity index (χ3v) is 0.223. The number of hydrogen-bond acceptors (Lipinski definition) is 2. The molecule has 0 heterocycles. The van der Waals surface area contributed by atoms with Gasteiger partial charge in [-0.3, -0.25) is 0 Å². The summed E-state index contributed by atoms with van der Waals surface area (Å²) in [6.07, 6.45) is 2.34. The molecule has 0 aromatic heterocycles. The molecule has 0 rings (SSSR count). The summed E-state index contributed by atoms with van der Waals surface area (Å²) in [4.78, 5) is 0. The van der Waals surface area contributed by atoms with Crippen molar-refractivity contribution in [2.45, 2.75) is 0 Å². The number of hydrogen-bond donors (Lipinski definition) is 2. The molecule has 0 aliphatic rings. The van der Waals surface area contributed by atoms with E-state index in [1.807, 2.05) is 0 Å². The van der Waals surface area contributed by atoms with Crippen LogP contribution in [-0.2, 0) is 0 Å². The van der Waals surface area contributed by atoms with E-state index in [2.05, 4.69) is 5.73 Å². The van der Waals surface area contributed by atoms with Gasteiger partial charge in [-0.1, -0.05) is 0 Å². The van der Waals surface area contributed by atoms with Crippen LogP contribution < -0.4 is 5.73 Å². The minimum Gasteiger partial charge on any atom is -0.516 e. The zero-order valence-corrected chi connectivity index (χ0v) is 2.81. The zero-order valence-electron chi connectivity index (χ0n) is 3.81. The standard InChI is InChI=1S/C3H7NO/c4-2-1-3-5/h1,3,5H,2,4H2/i/hD. The quantitative estimate of drug-likeness (QED) is 0.453. The Kier molecular flexibility index (Phi) is 1.91. The molecule has 30 valence electrons. The Morgan fingerprint density at radius 2 is 3.00 bits per heavy atom. The van der Waals surface area contributed by atoms with Crippen molar-refractivity contribution in [2.24, 2.45) is 5.73 Å². The van der Waals surface area contributed by atoms with Crippen LogP contribution >= 0.6 is 0 Å². The lowest BCUT2D eigenvalue weighted by Crippen LogP contribution is -1.91. The van der Waals surface area contributed by atoms with E-state index in [-0.39, 0.29) is 0 Å². The maximum Gasteiger partial charge on any atom is 0.119 e. The lowest BCUT2D eigenvalue weighted by atomic mass is 10.6. The van der Waals surface area contributed by atoms with E-state index in [1.54, 1.807) is 0 Å². The van der Waals surface area contributed by atoms with Crippen LogP contribution in [0.1, 0.15) is 0 Å². The molecule has 0 atom stereocenters. The van der Waals surface area contributed by atoms with Gasteiger partial charge >= 0.3 is 0 Å². The molecule has 0 unspecified atom stereocenters. The van der Waals surface area contributed by atoms with E-state index in [4.69, 9.17) is 6.52 Å². The van der Waals surface area contributed by atoms with E-state index in [9.17, 15) is 0 Å². The molecular weight excluding hydrogens is 66.0 g/mol. The molecule has 0 radical (unpaired) electrons. The second kappa shape index (κ2) is 3.50. The fraction of sp³-hybridized carbons (Fsp3) is 0.333.